The van der Waals surface area contributed by atoms with E-state index in [9.17, 15) is 0 Å². The molecule has 0 fully saturated rings. The summed E-state index contributed by atoms with van der Waals surface area (Å²) in [4.78, 5) is 6.86. The van der Waals surface area contributed by atoms with Gasteiger partial charge in [0.15, 0.2) is 0 Å². The van der Waals surface area contributed by atoms with Crippen molar-refractivity contribution in [1.82, 2.24) is 14.5 Å². The molecule has 0 saturated heterocycles. The second-order valence-electron chi connectivity index (χ2n) is 5.09. The third kappa shape index (κ3) is 2.43. The zero-order chi connectivity index (χ0) is 13.2. The van der Waals surface area contributed by atoms with Crippen molar-refractivity contribution in [3.05, 3.63) is 41.9 Å². The maximum Gasteiger partial charge on any atom is 0.117 e. The minimum Gasteiger partial charge on any atom is -0.468 e. The second-order valence-corrected chi connectivity index (χ2v) is 5.09. The van der Waals surface area contributed by atoms with Gasteiger partial charge in [-0.3, -0.25) is 4.90 Å². The molecule has 5 nitrogen and oxygen atoms in total. The zero-order valence-corrected chi connectivity index (χ0v) is 11.4. The van der Waals surface area contributed by atoms with Crippen LogP contribution in [-0.4, -0.2) is 34.7 Å². The maximum atomic E-state index is 5.43. The molecular weight excluding hydrogens is 242 g/mol. The number of imidazole rings is 1. The van der Waals surface area contributed by atoms with Gasteiger partial charge in [0.25, 0.3) is 0 Å². The number of aromatic nitrogens is 2. The Morgan fingerprint density at radius 3 is 3.16 bits per heavy atom. The SMILES string of the molecule is COC[C@H]1CN(Cc2ccco2)Cc2ncn(C)c21. The highest BCUT2D eigenvalue weighted by molar-refractivity contribution is 5.22. The van der Waals surface area contributed by atoms with Gasteiger partial charge in [-0.05, 0) is 12.1 Å². The van der Waals surface area contributed by atoms with Crippen molar-refractivity contribution in [3.63, 3.8) is 0 Å². The summed E-state index contributed by atoms with van der Waals surface area (Å²) >= 11 is 0. The van der Waals surface area contributed by atoms with Crippen LogP contribution in [0, 0.1) is 0 Å². The quantitative estimate of drug-likeness (QED) is 0.841. The summed E-state index contributed by atoms with van der Waals surface area (Å²) in [7, 11) is 3.80. The number of hydrogen-bond donors (Lipinski definition) is 0. The molecule has 0 aliphatic carbocycles. The fourth-order valence-corrected chi connectivity index (χ4v) is 2.88. The van der Waals surface area contributed by atoms with Gasteiger partial charge in [-0.15, -0.1) is 0 Å². The Labute approximate surface area is 112 Å². The molecule has 1 aliphatic rings. The Bertz CT molecular complexity index is 533. The largest absolute Gasteiger partial charge is 0.468 e. The van der Waals surface area contributed by atoms with E-state index in [-0.39, 0.29) is 0 Å². The molecule has 0 saturated carbocycles. The predicted octanol–water partition coefficient (Wildman–Crippen LogP) is 1.76. The van der Waals surface area contributed by atoms with Crippen LogP contribution in [-0.2, 0) is 24.9 Å². The Hall–Kier alpha value is -1.59. The second kappa shape index (κ2) is 5.19. The molecule has 3 rings (SSSR count). The first-order valence-corrected chi connectivity index (χ1v) is 6.51. The highest BCUT2D eigenvalue weighted by Crippen LogP contribution is 2.28. The normalized spacial score (nSPS) is 19.6. The third-order valence-corrected chi connectivity index (χ3v) is 3.63. The highest BCUT2D eigenvalue weighted by atomic mass is 16.5. The van der Waals surface area contributed by atoms with Gasteiger partial charge in [-0.1, -0.05) is 0 Å². The van der Waals surface area contributed by atoms with Crippen molar-refractivity contribution in [3.8, 4) is 0 Å². The summed E-state index contributed by atoms with van der Waals surface area (Å²) in [6, 6.07) is 3.94. The fraction of sp³-hybridized carbons (Fsp3) is 0.500. The number of hydrogen-bond acceptors (Lipinski definition) is 4. The van der Waals surface area contributed by atoms with E-state index in [1.807, 2.05) is 18.5 Å². The number of nitrogens with zero attached hydrogens (tertiary/aromatic N) is 3. The first-order chi connectivity index (χ1) is 9.28. The van der Waals surface area contributed by atoms with Crippen LogP contribution in [0.3, 0.4) is 0 Å². The van der Waals surface area contributed by atoms with Crippen LogP contribution in [0.5, 0.6) is 0 Å². The number of aryl methyl sites for hydroxylation is 1. The van der Waals surface area contributed by atoms with Crippen molar-refractivity contribution in [1.29, 1.82) is 0 Å². The standard InChI is InChI=1S/C14H19N3O2/c1-16-10-15-13-8-17(7-12-4-3-5-19-12)6-11(9-18-2)14(13)16/h3-5,10-11H,6-9H2,1-2H3/t11-/m1/s1. The van der Waals surface area contributed by atoms with Crippen molar-refractivity contribution in [2.24, 2.45) is 7.05 Å². The van der Waals surface area contributed by atoms with E-state index in [4.69, 9.17) is 9.15 Å². The summed E-state index contributed by atoms with van der Waals surface area (Å²) in [5, 5.41) is 0. The molecule has 3 heterocycles. The highest BCUT2D eigenvalue weighted by Gasteiger charge is 2.29. The summed E-state index contributed by atoms with van der Waals surface area (Å²) in [6.45, 7) is 3.39. The topological polar surface area (TPSA) is 43.4 Å². The van der Waals surface area contributed by atoms with E-state index in [2.05, 4.69) is 21.5 Å². The number of furan rings is 1. The van der Waals surface area contributed by atoms with E-state index in [0.717, 1.165) is 37.7 Å². The first kappa shape index (κ1) is 12.4. The van der Waals surface area contributed by atoms with Gasteiger partial charge >= 0.3 is 0 Å². The van der Waals surface area contributed by atoms with Gasteiger partial charge < -0.3 is 13.7 Å². The zero-order valence-electron chi connectivity index (χ0n) is 11.4. The number of methoxy groups -OCH3 is 1. The lowest BCUT2D eigenvalue weighted by Gasteiger charge is -2.32. The van der Waals surface area contributed by atoms with Crippen LogP contribution >= 0.6 is 0 Å². The average molecular weight is 261 g/mol. The van der Waals surface area contributed by atoms with Crippen molar-refractivity contribution < 1.29 is 9.15 Å². The Morgan fingerprint density at radius 1 is 1.53 bits per heavy atom. The van der Waals surface area contributed by atoms with Gasteiger partial charge in [0.2, 0.25) is 0 Å². The molecule has 0 aromatic carbocycles. The molecule has 19 heavy (non-hydrogen) atoms. The molecule has 0 N–H and O–H groups in total. The van der Waals surface area contributed by atoms with Crippen molar-refractivity contribution in [2.45, 2.75) is 19.0 Å². The lowest BCUT2D eigenvalue weighted by molar-refractivity contribution is 0.128. The molecule has 0 unspecified atom stereocenters. The molecular formula is C14H19N3O2. The van der Waals surface area contributed by atoms with E-state index in [1.54, 1.807) is 13.4 Å². The Morgan fingerprint density at radius 2 is 2.42 bits per heavy atom. The van der Waals surface area contributed by atoms with E-state index in [1.165, 1.54) is 5.69 Å². The number of rotatable bonds is 4. The van der Waals surface area contributed by atoms with Crippen molar-refractivity contribution >= 4 is 0 Å². The number of fused-ring (bicyclic) bond motifs is 1. The van der Waals surface area contributed by atoms with Crippen LogP contribution in [0.15, 0.2) is 29.1 Å². The van der Waals surface area contributed by atoms with E-state index >= 15 is 0 Å². The number of ether oxygens (including phenoxy) is 1. The Kier molecular flexibility index (Phi) is 3.40. The molecule has 5 heteroatoms. The lowest BCUT2D eigenvalue weighted by atomic mass is 9.99. The molecule has 2 aromatic heterocycles. The molecule has 102 valence electrons. The minimum absolute atomic E-state index is 0.371. The van der Waals surface area contributed by atoms with Gasteiger partial charge in [-0.25, -0.2) is 4.98 Å². The molecule has 0 spiro atoms. The fourth-order valence-electron chi connectivity index (χ4n) is 2.88. The minimum atomic E-state index is 0.371. The summed E-state index contributed by atoms with van der Waals surface area (Å²) in [5.41, 5.74) is 2.46. The predicted molar refractivity (Wildman–Crippen MR) is 70.6 cm³/mol. The summed E-state index contributed by atoms with van der Waals surface area (Å²) in [5.74, 6) is 1.37. The lowest BCUT2D eigenvalue weighted by Crippen LogP contribution is -2.35. The molecule has 0 radical (unpaired) electrons. The van der Waals surface area contributed by atoms with Crippen LogP contribution in [0.1, 0.15) is 23.1 Å². The monoisotopic (exact) mass is 261 g/mol. The van der Waals surface area contributed by atoms with E-state index < -0.39 is 0 Å². The smallest absolute Gasteiger partial charge is 0.117 e. The van der Waals surface area contributed by atoms with E-state index in [0.29, 0.717) is 5.92 Å². The first-order valence-electron chi connectivity index (χ1n) is 6.51. The molecule has 1 atom stereocenters. The maximum absolute atomic E-state index is 5.43. The van der Waals surface area contributed by atoms with Crippen LogP contribution in [0.4, 0.5) is 0 Å². The van der Waals surface area contributed by atoms with Gasteiger partial charge in [0, 0.05) is 38.9 Å². The van der Waals surface area contributed by atoms with Crippen molar-refractivity contribution in [2.75, 3.05) is 20.3 Å². The molecule has 0 bridgehead atoms. The third-order valence-electron chi connectivity index (χ3n) is 3.63. The Balaban J connectivity index is 1.80. The van der Waals surface area contributed by atoms with Gasteiger partial charge in [0.05, 0.1) is 31.4 Å². The van der Waals surface area contributed by atoms with Crippen LogP contribution in [0.25, 0.3) is 0 Å². The molecule has 0 amide bonds. The summed E-state index contributed by atoms with van der Waals surface area (Å²) < 4.78 is 12.9. The average Bonchev–Trinajstić information content (AvgIpc) is 3.00. The molecule has 2 aromatic rings. The van der Waals surface area contributed by atoms with Crippen LogP contribution < -0.4 is 0 Å². The summed E-state index contributed by atoms with van der Waals surface area (Å²) in [6.07, 6.45) is 3.61. The van der Waals surface area contributed by atoms with Gasteiger partial charge in [-0.2, -0.15) is 0 Å². The van der Waals surface area contributed by atoms with Crippen LogP contribution in [0.2, 0.25) is 0 Å². The van der Waals surface area contributed by atoms with Gasteiger partial charge in [0.1, 0.15) is 5.76 Å². The molecule has 1 aliphatic heterocycles.